The van der Waals surface area contributed by atoms with Crippen LogP contribution in [0.3, 0.4) is 0 Å². The lowest BCUT2D eigenvalue weighted by molar-refractivity contribution is -0.137. The predicted octanol–water partition coefficient (Wildman–Crippen LogP) is 3.45. The molecule has 1 fully saturated rings. The Morgan fingerprint density at radius 2 is 1.66 bits per heavy atom. The number of nitrogens with zero attached hydrogens (tertiary/aromatic N) is 1. The summed E-state index contributed by atoms with van der Waals surface area (Å²) < 4.78 is 52.1. The van der Waals surface area contributed by atoms with E-state index in [0.29, 0.717) is 25.9 Å². The molecule has 0 saturated carbocycles. The van der Waals surface area contributed by atoms with Crippen molar-refractivity contribution in [2.75, 3.05) is 25.0 Å². The number of rotatable bonds is 4. The van der Waals surface area contributed by atoms with Crippen molar-refractivity contribution < 1.29 is 31.9 Å². The fourth-order valence-electron chi connectivity index (χ4n) is 3.42. The number of nitrogens with one attached hydrogen (secondary N) is 2. The Bertz CT molecular complexity index is 1000. The zero-order valence-corrected chi connectivity index (χ0v) is 16.9. The van der Waals surface area contributed by atoms with Crippen LogP contribution in [0.4, 0.5) is 23.2 Å². The van der Waals surface area contributed by atoms with Crippen LogP contribution >= 0.6 is 0 Å². The standard InChI is InChI=1S/C22H21F4N3O3/c23-18-7-2-1-6-17(18)21(32)29-10-8-14(9-11-29)13-27-19(30)20(31)28-16-5-3-4-15(12-16)22(24,25)26/h1-7,12,14H,8-11,13H2,(H,27,30)(H,28,31). The zero-order valence-electron chi connectivity index (χ0n) is 16.9. The topological polar surface area (TPSA) is 78.5 Å². The molecular weight excluding hydrogens is 430 g/mol. The molecule has 6 nitrogen and oxygen atoms in total. The van der Waals surface area contributed by atoms with E-state index in [1.165, 1.54) is 29.2 Å². The Morgan fingerprint density at radius 3 is 2.31 bits per heavy atom. The summed E-state index contributed by atoms with van der Waals surface area (Å²) in [5, 5.41) is 4.61. The van der Waals surface area contributed by atoms with Crippen LogP contribution in [0.1, 0.15) is 28.8 Å². The summed E-state index contributed by atoms with van der Waals surface area (Å²) in [7, 11) is 0. The first-order chi connectivity index (χ1) is 15.1. The Balaban J connectivity index is 1.45. The Hall–Kier alpha value is -3.43. The van der Waals surface area contributed by atoms with Crippen molar-refractivity contribution in [2.24, 2.45) is 5.92 Å². The van der Waals surface area contributed by atoms with Gasteiger partial charge in [-0.15, -0.1) is 0 Å². The van der Waals surface area contributed by atoms with Crippen molar-refractivity contribution in [3.05, 3.63) is 65.5 Å². The first kappa shape index (κ1) is 23.2. The van der Waals surface area contributed by atoms with Gasteiger partial charge in [0, 0.05) is 25.3 Å². The number of hydrogen-bond acceptors (Lipinski definition) is 3. The van der Waals surface area contributed by atoms with Gasteiger partial charge in [-0.3, -0.25) is 14.4 Å². The van der Waals surface area contributed by atoms with Gasteiger partial charge in [0.25, 0.3) is 5.91 Å². The first-order valence-corrected chi connectivity index (χ1v) is 9.95. The van der Waals surface area contributed by atoms with Gasteiger partial charge in [0.2, 0.25) is 0 Å². The monoisotopic (exact) mass is 451 g/mol. The molecule has 170 valence electrons. The van der Waals surface area contributed by atoms with Gasteiger partial charge >= 0.3 is 18.0 Å². The summed E-state index contributed by atoms with van der Waals surface area (Å²) >= 11 is 0. The highest BCUT2D eigenvalue weighted by Crippen LogP contribution is 2.30. The second kappa shape index (κ2) is 9.80. The maximum Gasteiger partial charge on any atom is 0.416 e. The molecule has 0 bridgehead atoms. The molecule has 10 heteroatoms. The maximum absolute atomic E-state index is 13.8. The smallest absolute Gasteiger partial charge is 0.348 e. The second-order valence-electron chi connectivity index (χ2n) is 7.46. The first-order valence-electron chi connectivity index (χ1n) is 9.95. The van der Waals surface area contributed by atoms with E-state index in [1.54, 1.807) is 6.07 Å². The van der Waals surface area contributed by atoms with Gasteiger partial charge in [-0.25, -0.2) is 4.39 Å². The van der Waals surface area contributed by atoms with Crippen molar-refractivity contribution >= 4 is 23.4 Å². The van der Waals surface area contributed by atoms with Crippen LogP contribution in [-0.4, -0.2) is 42.3 Å². The maximum atomic E-state index is 13.8. The van der Waals surface area contributed by atoms with Crippen molar-refractivity contribution in [3.63, 3.8) is 0 Å². The number of likely N-dealkylation sites (tertiary alicyclic amines) is 1. The number of alkyl halides is 3. The van der Waals surface area contributed by atoms with E-state index in [2.05, 4.69) is 10.6 Å². The van der Waals surface area contributed by atoms with E-state index in [4.69, 9.17) is 0 Å². The molecule has 0 spiro atoms. The number of piperidine rings is 1. The summed E-state index contributed by atoms with van der Waals surface area (Å²) in [4.78, 5) is 38.0. The molecule has 1 saturated heterocycles. The van der Waals surface area contributed by atoms with Gasteiger partial charge < -0.3 is 15.5 Å². The molecule has 2 N–H and O–H groups in total. The van der Waals surface area contributed by atoms with Crippen LogP contribution in [0.2, 0.25) is 0 Å². The van der Waals surface area contributed by atoms with Crippen molar-refractivity contribution in [3.8, 4) is 0 Å². The van der Waals surface area contributed by atoms with Crippen LogP contribution in [0.25, 0.3) is 0 Å². The summed E-state index contributed by atoms with van der Waals surface area (Å²) in [6, 6.07) is 9.72. The molecule has 2 aromatic rings. The number of hydrogen-bond donors (Lipinski definition) is 2. The van der Waals surface area contributed by atoms with Crippen molar-refractivity contribution in [1.29, 1.82) is 0 Å². The average Bonchev–Trinajstić information content (AvgIpc) is 2.77. The van der Waals surface area contributed by atoms with Crippen LogP contribution in [-0.2, 0) is 15.8 Å². The molecule has 1 heterocycles. The minimum atomic E-state index is -4.56. The normalized spacial score (nSPS) is 14.7. The van der Waals surface area contributed by atoms with E-state index >= 15 is 0 Å². The number of carbonyl (C=O) groups excluding carboxylic acids is 3. The second-order valence-corrected chi connectivity index (χ2v) is 7.46. The quantitative estimate of drug-likeness (QED) is 0.552. The third-order valence-electron chi connectivity index (χ3n) is 5.21. The molecule has 0 unspecified atom stereocenters. The van der Waals surface area contributed by atoms with Gasteiger partial charge in [-0.1, -0.05) is 18.2 Å². The molecular formula is C22H21F4N3O3. The predicted molar refractivity (Wildman–Crippen MR) is 108 cm³/mol. The molecule has 0 radical (unpaired) electrons. The Morgan fingerprint density at radius 1 is 0.969 bits per heavy atom. The van der Waals surface area contributed by atoms with Crippen LogP contribution in [0, 0.1) is 11.7 Å². The van der Waals surface area contributed by atoms with E-state index in [1.807, 2.05) is 0 Å². The third kappa shape index (κ3) is 5.83. The van der Waals surface area contributed by atoms with Crippen LogP contribution < -0.4 is 10.6 Å². The number of carbonyl (C=O) groups is 3. The fraction of sp³-hybridized carbons (Fsp3) is 0.318. The largest absolute Gasteiger partial charge is 0.416 e. The molecule has 32 heavy (non-hydrogen) atoms. The number of benzene rings is 2. The average molecular weight is 451 g/mol. The van der Waals surface area contributed by atoms with Crippen LogP contribution in [0.5, 0.6) is 0 Å². The SMILES string of the molecule is O=C(NCC1CCN(C(=O)c2ccccc2F)CC1)C(=O)Nc1cccc(C(F)(F)F)c1. The Kier molecular flexibility index (Phi) is 7.12. The van der Waals surface area contributed by atoms with E-state index < -0.39 is 35.3 Å². The van der Waals surface area contributed by atoms with Gasteiger partial charge in [0.15, 0.2) is 0 Å². The summed E-state index contributed by atoms with van der Waals surface area (Å²) in [6.07, 6.45) is -3.46. The van der Waals surface area contributed by atoms with E-state index in [-0.39, 0.29) is 23.7 Å². The summed E-state index contributed by atoms with van der Waals surface area (Å²) in [6.45, 7) is 0.935. The lowest BCUT2D eigenvalue weighted by atomic mass is 9.96. The Labute approximate surface area is 181 Å². The molecule has 1 aliphatic rings. The summed E-state index contributed by atoms with van der Waals surface area (Å²) in [5.74, 6) is -3.02. The van der Waals surface area contributed by atoms with Gasteiger partial charge in [-0.05, 0) is 49.1 Å². The fourth-order valence-corrected chi connectivity index (χ4v) is 3.42. The molecule has 0 atom stereocenters. The highest BCUT2D eigenvalue weighted by atomic mass is 19.4. The highest BCUT2D eigenvalue weighted by Gasteiger charge is 2.31. The van der Waals surface area contributed by atoms with Crippen molar-refractivity contribution in [2.45, 2.75) is 19.0 Å². The lowest BCUT2D eigenvalue weighted by Crippen LogP contribution is -2.43. The molecule has 1 aliphatic heterocycles. The van der Waals surface area contributed by atoms with E-state index in [9.17, 15) is 31.9 Å². The molecule has 3 rings (SSSR count). The minimum absolute atomic E-state index is 0.00461. The lowest BCUT2D eigenvalue weighted by Gasteiger charge is -2.32. The summed E-state index contributed by atoms with van der Waals surface area (Å²) in [5.41, 5.74) is -1.07. The van der Waals surface area contributed by atoms with E-state index in [0.717, 1.165) is 18.2 Å². The van der Waals surface area contributed by atoms with Crippen LogP contribution in [0.15, 0.2) is 48.5 Å². The number of amides is 3. The highest BCUT2D eigenvalue weighted by molar-refractivity contribution is 6.39. The van der Waals surface area contributed by atoms with Gasteiger partial charge in [0.05, 0.1) is 11.1 Å². The van der Waals surface area contributed by atoms with Crippen molar-refractivity contribution in [1.82, 2.24) is 10.2 Å². The molecule has 2 aromatic carbocycles. The number of halogens is 4. The molecule has 0 aliphatic carbocycles. The van der Waals surface area contributed by atoms with Gasteiger partial charge in [-0.2, -0.15) is 13.2 Å². The zero-order chi connectivity index (χ0) is 23.3. The van der Waals surface area contributed by atoms with Gasteiger partial charge in [0.1, 0.15) is 5.82 Å². The third-order valence-corrected chi connectivity index (χ3v) is 5.21. The molecule has 3 amide bonds. The number of anilines is 1. The molecule has 0 aromatic heterocycles. The minimum Gasteiger partial charge on any atom is -0.348 e.